The van der Waals surface area contributed by atoms with Gasteiger partial charge in [-0.15, -0.1) is 0 Å². The Labute approximate surface area is 136 Å². The van der Waals surface area contributed by atoms with E-state index in [1.807, 2.05) is 0 Å². The number of carbonyl (C=O) groups excluding carboxylic acids is 2. The predicted molar refractivity (Wildman–Crippen MR) is 85.1 cm³/mol. The smallest absolute Gasteiger partial charge is 0.408 e. The molecular formula is C15H24N2O5S. The third-order valence-electron chi connectivity index (χ3n) is 3.88. The largest absolute Gasteiger partial charge is 0.444 e. The van der Waals surface area contributed by atoms with Crippen molar-refractivity contribution in [3.8, 4) is 0 Å². The molecule has 8 heteroatoms. The Morgan fingerprint density at radius 1 is 1.26 bits per heavy atom. The molecule has 0 aromatic carbocycles. The monoisotopic (exact) mass is 344 g/mol. The van der Waals surface area contributed by atoms with Crippen LogP contribution in [0.2, 0.25) is 0 Å². The van der Waals surface area contributed by atoms with Crippen LogP contribution >= 0.6 is 0 Å². The molecule has 0 radical (unpaired) electrons. The van der Waals surface area contributed by atoms with Crippen LogP contribution in [0.15, 0.2) is 12.2 Å². The minimum atomic E-state index is -3.67. The highest BCUT2D eigenvalue weighted by atomic mass is 32.2. The van der Waals surface area contributed by atoms with Crippen LogP contribution in [0, 0.1) is 5.92 Å². The molecule has 2 amide bonds. The minimum Gasteiger partial charge on any atom is -0.444 e. The molecule has 2 N–H and O–H groups in total. The molecule has 0 heterocycles. The minimum absolute atomic E-state index is 0.301. The van der Waals surface area contributed by atoms with Gasteiger partial charge in [0.1, 0.15) is 11.1 Å². The van der Waals surface area contributed by atoms with Crippen molar-refractivity contribution in [3.63, 3.8) is 0 Å². The summed E-state index contributed by atoms with van der Waals surface area (Å²) in [7, 11) is -3.67. The van der Waals surface area contributed by atoms with Crippen molar-refractivity contribution >= 4 is 22.0 Å². The molecule has 0 unspecified atom stereocenters. The summed E-state index contributed by atoms with van der Waals surface area (Å²) in [6.45, 7) is 10.7. The SMILES string of the molecule is C=C(C)[C@@H]1C[C@]1(NC(=O)OC(C)(C)C)C(=O)NS(=O)(=O)C1CC1. The first-order chi connectivity index (χ1) is 10.4. The van der Waals surface area contributed by atoms with Crippen molar-refractivity contribution in [2.24, 2.45) is 5.92 Å². The zero-order valence-electron chi connectivity index (χ0n) is 13.9. The Morgan fingerprint density at radius 3 is 2.22 bits per heavy atom. The van der Waals surface area contributed by atoms with Crippen molar-refractivity contribution in [1.29, 1.82) is 0 Å². The lowest BCUT2D eigenvalue weighted by Crippen LogP contribution is -2.53. The van der Waals surface area contributed by atoms with Crippen molar-refractivity contribution in [3.05, 3.63) is 12.2 Å². The third kappa shape index (κ3) is 4.04. The van der Waals surface area contributed by atoms with Gasteiger partial charge in [-0.25, -0.2) is 13.2 Å². The summed E-state index contributed by atoms with van der Waals surface area (Å²) in [5, 5.41) is 2.03. The molecule has 7 nitrogen and oxygen atoms in total. The van der Waals surface area contributed by atoms with Gasteiger partial charge in [-0.05, 0) is 47.0 Å². The van der Waals surface area contributed by atoms with E-state index in [1.165, 1.54) is 0 Å². The number of sulfonamides is 1. The van der Waals surface area contributed by atoms with E-state index < -0.39 is 38.4 Å². The third-order valence-corrected chi connectivity index (χ3v) is 5.70. The maximum Gasteiger partial charge on any atom is 0.408 e. The Bertz CT molecular complexity index is 645. The summed E-state index contributed by atoms with van der Waals surface area (Å²) in [6, 6.07) is 0. The first kappa shape index (κ1) is 17.8. The van der Waals surface area contributed by atoms with Crippen molar-refractivity contribution < 1.29 is 22.7 Å². The van der Waals surface area contributed by atoms with E-state index in [4.69, 9.17) is 4.74 Å². The summed E-state index contributed by atoms with van der Waals surface area (Å²) in [5.74, 6) is -1.02. The lowest BCUT2D eigenvalue weighted by molar-refractivity contribution is -0.122. The van der Waals surface area contributed by atoms with E-state index in [9.17, 15) is 18.0 Å². The molecule has 2 aliphatic rings. The van der Waals surface area contributed by atoms with Crippen molar-refractivity contribution in [2.45, 2.75) is 63.3 Å². The second kappa shape index (κ2) is 5.51. The highest BCUT2D eigenvalue weighted by molar-refractivity contribution is 7.90. The van der Waals surface area contributed by atoms with Crippen LogP contribution in [-0.2, 0) is 19.6 Å². The second-order valence-electron chi connectivity index (χ2n) is 7.38. The van der Waals surface area contributed by atoms with Crippen LogP contribution in [0.25, 0.3) is 0 Å². The predicted octanol–water partition coefficient (Wildman–Crippen LogP) is 1.45. The van der Waals surface area contributed by atoms with Crippen LogP contribution in [0.5, 0.6) is 0 Å². The van der Waals surface area contributed by atoms with Gasteiger partial charge in [0.15, 0.2) is 0 Å². The number of amides is 2. The molecule has 23 heavy (non-hydrogen) atoms. The van der Waals surface area contributed by atoms with Gasteiger partial charge in [-0.1, -0.05) is 12.2 Å². The molecule has 2 rings (SSSR count). The molecule has 0 aromatic heterocycles. The Hall–Kier alpha value is -1.57. The second-order valence-corrected chi connectivity index (χ2v) is 9.34. The molecule has 0 aliphatic heterocycles. The van der Waals surface area contributed by atoms with Gasteiger partial charge in [-0.2, -0.15) is 0 Å². The molecule has 0 bridgehead atoms. The maximum absolute atomic E-state index is 12.5. The fourth-order valence-corrected chi connectivity index (χ4v) is 3.84. The fourth-order valence-electron chi connectivity index (χ4n) is 2.47. The van der Waals surface area contributed by atoms with Gasteiger partial charge in [0.25, 0.3) is 5.91 Å². The van der Waals surface area contributed by atoms with E-state index in [1.54, 1.807) is 27.7 Å². The zero-order valence-corrected chi connectivity index (χ0v) is 14.7. The first-order valence-corrected chi connectivity index (χ1v) is 9.15. The van der Waals surface area contributed by atoms with Gasteiger partial charge in [0, 0.05) is 5.92 Å². The lowest BCUT2D eigenvalue weighted by atomic mass is 10.1. The van der Waals surface area contributed by atoms with Crippen molar-refractivity contribution in [1.82, 2.24) is 10.0 Å². The Kier molecular flexibility index (Phi) is 4.26. The number of alkyl carbamates (subject to hydrolysis) is 1. The van der Waals surface area contributed by atoms with Gasteiger partial charge in [0.05, 0.1) is 5.25 Å². The quantitative estimate of drug-likeness (QED) is 0.735. The van der Waals surface area contributed by atoms with E-state index in [0.717, 1.165) is 0 Å². The van der Waals surface area contributed by atoms with Crippen LogP contribution in [0.1, 0.15) is 47.0 Å². The van der Waals surface area contributed by atoms with E-state index in [0.29, 0.717) is 24.8 Å². The summed E-state index contributed by atoms with van der Waals surface area (Å²) >= 11 is 0. The molecule has 0 saturated heterocycles. The topological polar surface area (TPSA) is 102 Å². The number of carbonyl (C=O) groups is 2. The van der Waals surface area contributed by atoms with Crippen LogP contribution < -0.4 is 10.0 Å². The number of hydrogen-bond donors (Lipinski definition) is 2. The normalized spacial score (nSPS) is 27.0. The average molecular weight is 344 g/mol. The lowest BCUT2D eigenvalue weighted by Gasteiger charge is -2.24. The number of ether oxygens (including phenoxy) is 1. The molecular weight excluding hydrogens is 320 g/mol. The number of rotatable bonds is 5. The van der Waals surface area contributed by atoms with Crippen LogP contribution in [-0.4, -0.2) is 36.8 Å². The van der Waals surface area contributed by atoms with Gasteiger partial charge in [0.2, 0.25) is 10.0 Å². The standard InChI is InChI=1S/C15H24N2O5S/c1-9(2)11-8-15(11,16-13(19)22-14(3,4)5)12(18)17-23(20,21)10-6-7-10/h10-11H,1,6-8H2,2-5H3,(H,16,19)(H,17,18)/t11-,15+/m0/s1. The molecule has 2 atom stereocenters. The fraction of sp³-hybridized carbons (Fsp3) is 0.733. The number of hydrogen-bond acceptors (Lipinski definition) is 5. The maximum atomic E-state index is 12.5. The average Bonchev–Trinajstić information content (AvgIpc) is 3.20. The van der Waals surface area contributed by atoms with Gasteiger partial charge in [-0.3, -0.25) is 9.52 Å². The van der Waals surface area contributed by atoms with E-state index in [-0.39, 0.29) is 5.92 Å². The summed E-state index contributed by atoms with van der Waals surface area (Å²) < 4.78 is 31.2. The van der Waals surface area contributed by atoms with Crippen LogP contribution in [0.4, 0.5) is 4.79 Å². The molecule has 2 fully saturated rings. The van der Waals surface area contributed by atoms with E-state index in [2.05, 4.69) is 16.6 Å². The Balaban J connectivity index is 2.12. The summed E-state index contributed by atoms with van der Waals surface area (Å²) in [4.78, 5) is 24.5. The zero-order chi connectivity index (χ0) is 17.6. The summed E-state index contributed by atoms with van der Waals surface area (Å²) in [5.41, 5.74) is -1.30. The van der Waals surface area contributed by atoms with Gasteiger partial charge < -0.3 is 10.1 Å². The first-order valence-electron chi connectivity index (χ1n) is 7.60. The molecule has 2 saturated carbocycles. The van der Waals surface area contributed by atoms with Gasteiger partial charge >= 0.3 is 6.09 Å². The number of nitrogens with one attached hydrogen (secondary N) is 2. The summed E-state index contributed by atoms with van der Waals surface area (Å²) in [6.07, 6.45) is 0.672. The molecule has 0 aromatic rings. The van der Waals surface area contributed by atoms with E-state index >= 15 is 0 Å². The molecule has 130 valence electrons. The molecule has 2 aliphatic carbocycles. The highest BCUT2D eigenvalue weighted by Gasteiger charge is 2.63. The van der Waals surface area contributed by atoms with Crippen LogP contribution in [0.3, 0.4) is 0 Å². The Morgan fingerprint density at radius 2 is 1.83 bits per heavy atom. The highest BCUT2D eigenvalue weighted by Crippen LogP contribution is 2.48. The van der Waals surface area contributed by atoms with Crippen molar-refractivity contribution in [2.75, 3.05) is 0 Å². The molecule has 0 spiro atoms.